The molecule has 0 spiro atoms. The molecule has 0 radical (unpaired) electrons. The molecule has 0 aliphatic rings. The van der Waals surface area contributed by atoms with Crippen molar-refractivity contribution in [1.82, 2.24) is 15.5 Å². The maximum atomic E-state index is 11.9. The van der Waals surface area contributed by atoms with Crippen molar-refractivity contribution < 1.29 is 14.1 Å². The van der Waals surface area contributed by atoms with E-state index < -0.39 is 0 Å². The largest absolute Gasteiger partial charge is 0.356 e. The van der Waals surface area contributed by atoms with Gasteiger partial charge in [-0.05, 0) is 26.0 Å². The number of ketones is 1. The fourth-order valence-electron chi connectivity index (χ4n) is 1.77. The van der Waals surface area contributed by atoms with Crippen molar-refractivity contribution in [2.45, 2.75) is 33.1 Å². The third kappa shape index (κ3) is 4.78. The Morgan fingerprint density at radius 3 is 2.71 bits per heavy atom. The van der Waals surface area contributed by atoms with E-state index in [1.54, 1.807) is 13.0 Å². The highest BCUT2D eigenvalue weighted by Crippen LogP contribution is 2.17. The molecule has 7 heteroatoms. The summed E-state index contributed by atoms with van der Waals surface area (Å²) in [4.78, 5) is 29.4. The molecule has 0 aliphatic heterocycles. The number of Topliss-reactive ketones (excluding diaryl/α,β-unsaturated/α-hetero) is 1. The van der Waals surface area contributed by atoms with E-state index in [9.17, 15) is 9.59 Å². The number of nitrogens with one attached hydrogen (secondary N) is 1. The Kier molecular flexibility index (Phi) is 5.21. The Bertz CT molecular complexity index is 633. The highest BCUT2D eigenvalue weighted by Gasteiger charge is 2.11. The topological polar surface area (TPSA) is 85.1 Å². The van der Waals surface area contributed by atoms with Gasteiger partial charge in [-0.15, -0.1) is 11.3 Å². The van der Waals surface area contributed by atoms with Crippen LogP contribution in [0.5, 0.6) is 0 Å². The number of thiophene rings is 1. The van der Waals surface area contributed by atoms with Crippen LogP contribution in [0.2, 0.25) is 0 Å². The quantitative estimate of drug-likeness (QED) is 0.791. The highest BCUT2D eigenvalue weighted by molar-refractivity contribution is 7.14. The van der Waals surface area contributed by atoms with Crippen LogP contribution < -0.4 is 5.32 Å². The smallest absolute Gasteiger partial charge is 0.228 e. The fraction of sp³-hybridized carbons (Fsp3) is 0.429. The van der Waals surface area contributed by atoms with Gasteiger partial charge in [0.25, 0.3) is 0 Å². The van der Waals surface area contributed by atoms with E-state index in [1.807, 2.05) is 13.0 Å². The summed E-state index contributed by atoms with van der Waals surface area (Å²) in [5.74, 6) is 0.940. The van der Waals surface area contributed by atoms with Crippen LogP contribution in [0, 0.1) is 13.8 Å². The number of carbonyl (C=O) groups excluding carboxylic acids is 2. The van der Waals surface area contributed by atoms with E-state index in [1.165, 1.54) is 11.3 Å². The predicted octanol–water partition coefficient (Wildman–Crippen LogP) is 2.07. The maximum absolute atomic E-state index is 11.9. The van der Waals surface area contributed by atoms with Crippen molar-refractivity contribution in [1.29, 1.82) is 0 Å². The van der Waals surface area contributed by atoms with Crippen molar-refractivity contribution in [2.24, 2.45) is 0 Å². The average molecular weight is 307 g/mol. The van der Waals surface area contributed by atoms with Crippen molar-refractivity contribution in [3.05, 3.63) is 33.6 Å². The van der Waals surface area contributed by atoms with E-state index >= 15 is 0 Å². The number of aryl methyl sites for hydroxylation is 2. The van der Waals surface area contributed by atoms with Crippen LogP contribution in [0.25, 0.3) is 0 Å². The first-order valence-corrected chi connectivity index (χ1v) is 7.52. The monoisotopic (exact) mass is 307 g/mol. The van der Waals surface area contributed by atoms with Crippen molar-refractivity contribution >= 4 is 23.0 Å². The van der Waals surface area contributed by atoms with Gasteiger partial charge in [0, 0.05) is 30.7 Å². The summed E-state index contributed by atoms with van der Waals surface area (Å²) in [7, 11) is 0. The molecule has 1 amide bonds. The first-order valence-electron chi connectivity index (χ1n) is 6.70. The zero-order valence-electron chi connectivity index (χ0n) is 12.0. The second kappa shape index (κ2) is 7.12. The highest BCUT2D eigenvalue weighted by atomic mass is 32.1. The molecule has 0 saturated carbocycles. The van der Waals surface area contributed by atoms with E-state index in [0.717, 1.165) is 4.88 Å². The van der Waals surface area contributed by atoms with Gasteiger partial charge >= 0.3 is 0 Å². The van der Waals surface area contributed by atoms with E-state index in [-0.39, 0.29) is 24.5 Å². The number of hydrogen-bond donors (Lipinski definition) is 1. The summed E-state index contributed by atoms with van der Waals surface area (Å²) in [6.07, 6.45) is 0.911. The van der Waals surface area contributed by atoms with Gasteiger partial charge in [-0.1, -0.05) is 5.16 Å². The van der Waals surface area contributed by atoms with E-state index in [0.29, 0.717) is 29.6 Å². The number of amides is 1. The molecular weight excluding hydrogens is 290 g/mol. The minimum Gasteiger partial charge on any atom is -0.356 e. The van der Waals surface area contributed by atoms with Gasteiger partial charge in [0.05, 0.1) is 4.88 Å². The lowest BCUT2D eigenvalue weighted by atomic mass is 10.2. The molecule has 2 aromatic rings. The third-order valence-electron chi connectivity index (χ3n) is 2.82. The second-order valence-electron chi connectivity index (χ2n) is 4.67. The van der Waals surface area contributed by atoms with Crippen molar-refractivity contribution in [3.8, 4) is 0 Å². The van der Waals surface area contributed by atoms with Gasteiger partial charge in [-0.2, -0.15) is 4.98 Å². The predicted molar refractivity (Wildman–Crippen MR) is 78.4 cm³/mol. The van der Waals surface area contributed by atoms with Crippen molar-refractivity contribution in [3.63, 3.8) is 0 Å². The van der Waals surface area contributed by atoms with Gasteiger partial charge in [0.15, 0.2) is 11.6 Å². The van der Waals surface area contributed by atoms with Crippen LogP contribution in [0.3, 0.4) is 0 Å². The number of nitrogens with zero attached hydrogens (tertiary/aromatic N) is 2. The molecule has 6 nitrogen and oxygen atoms in total. The summed E-state index contributed by atoms with van der Waals surface area (Å²) < 4.78 is 4.94. The first-order chi connectivity index (χ1) is 10.0. The number of aromatic nitrogens is 2. The fourth-order valence-corrected chi connectivity index (χ4v) is 2.61. The van der Waals surface area contributed by atoms with Gasteiger partial charge in [-0.25, -0.2) is 0 Å². The lowest BCUT2D eigenvalue weighted by Crippen LogP contribution is -2.26. The van der Waals surface area contributed by atoms with E-state index in [2.05, 4.69) is 15.5 Å². The van der Waals surface area contributed by atoms with Crippen LogP contribution in [0.15, 0.2) is 16.7 Å². The Morgan fingerprint density at radius 2 is 2.10 bits per heavy atom. The Morgan fingerprint density at radius 1 is 1.29 bits per heavy atom. The van der Waals surface area contributed by atoms with Gasteiger partial charge in [0.1, 0.15) is 0 Å². The molecule has 1 N–H and O–H groups in total. The van der Waals surface area contributed by atoms with Crippen LogP contribution in [0.4, 0.5) is 0 Å². The summed E-state index contributed by atoms with van der Waals surface area (Å²) in [5, 5.41) is 6.40. The van der Waals surface area contributed by atoms with Gasteiger partial charge < -0.3 is 9.84 Å². The summed E-state index contributed by atoms with van der Waals surface area (Å²) in [5.41, 5.74) is 0. The first kappa shape index (κ1) is 15.4. The van der Waals surface area contributed by atoms with Gasteiger partial charge in [0.2, 0.25) is 11.8 Å². The Balaban J connectivity index is 1.66. The van der Waals surface area contributed by atoms with Gasteiger partial charge in [-0.3, -0.25) is 9.59 Å². The zero-order chi connectivity index (χ0) is 15.2. The molecule has 21 heavy (non-hydrogen) atoms. The van der Waals surface area contributed by atoms with Crippen LogP contribution in [-0.4, -0.2) is 28.4 Å². The van der Waals surface area contributed by atoms with Crippen LogP contribution >= 0.6 is 11.3 Å². The van der Waals surface area contributed by atoms with E-state index in [4.69, 9.17) is 4.52 Å². The molecule has 0 atom stereocenters. The molecule has 0 aromatic carbocycles. The molecule has 0 aliphatic carbocycles. The number of carbonyl (C=O) groups is 2. The third-order valence-corrected chi connectivity index (χ3v) is 3.87. The standard InChI is InChI=1S/C14H17N3O3S/c1-9-3-5-12(21-9)11(18)4-6-13(19)15-8-7-14-16-10(2)17-20-14/h3,5H,4,6-8H2,1-2H3,(H,15,19). The Labute approximate surface area is 126 Å². The number of rotatable bonds is 7. The summed E-state index contributed by atoms with van der Waals surface area (Å²) >= 11 is 1.46. The lowest BCUT2D eigenvalue weighted by Gasteiger charge is -2.02. The molecule has 0 bridgehead atoms. The second-order valence-corrected chi connectivity index (χ2v) is 5.96. The molecule has 2 heterocycles. The molecule has 2 rings (SSSR count). The Hall–Kier alpha value is -2.02. The lowest BCUT2D eigenvalue weighted by molar-refractivity contribution is -0.121. The molecule has 112 valence electrons. The molecule has 2 aromatic heterocycles. The number of hydrogen-bond acceptors (Lipinski definition) is 6. The van der Waals surface area contributed by atoms with Crippen molar-refractivity contribution in [2.75, 3.05) is 6.54 Å². The average Bonchev–Trinajstić information content (AvgIpc) is 3.05. The maximum Gasteiger partial charge on any atom is 0.228 e. The minimum atomic E-state index is -0.145. The van der Waals surface area contributed by atoms with Crippen LogP contribution in [0.1, 0.15) is 39.1 Å². The summed E-state index contributed by atoms with van der Waals surface area (Å²) in [6.45, 7) is 4.11. The van der Waals surface area contributed by atoms with Crippen LogP contribution in [-0.2, 0) is 11.2 Å². The SMILES string of the molecule is Cc1noc(CCNC(=O)CCC(=O)c2ccc(C)s2)n1. The molecule has 0 unspecified atom stereocenters. The normalized spacial score (nSPS) is 10.6. The molecule has 0 fully saturated rings. The zero-order valence-corrected chi connectivity index (χ0v) is 12.8. The molecule has 0 saturated heterocycles. The molecular formula is C14H17N3O3S. The summed E-state index contributed by atoms with van der Waals surface area (Å²) in [6, 6.07) is 3.71. The minimum absolute atomic E-state index is 0.00998.